The maximum atomic E-state index is 5.23. The minimum atomic E-state index is -0.112. The highest BCUT2D eigenvalue weighted by molar-refractivity contribution is 6.16. The molecule has 0 aromatic carbocycles. The van der Waals surface area contributed by atoms with Gasteiger partial charge in [0.25, 0.3) is 0 Å². The highest BCUT2D eigenvalue weighted by Gasteiger charge is 2.07. The molecule has 8 N–H and O–H groups in total. The summed E-state index contributed by atoms with van der Waals surface area (Å²) in [5.74, 6) is 4.66. The lowest BCUT2D eigenvalue weighted by Crippen LogP contribution is -2.22. The molecule has 0 saturated carbocycles. The molecule has 0 saturated heterocycles. The zero-order valence-electron chi connectivity index (χ0n) is 8.85. The van der Waals surface area contributed by atoms with Gasteiger partial charge in [-0.05, 0) is 12.2 Å². The molecule has 9 heteroatoms. The van der Waals surface area contributed by atoms with Crippen LogP contribution in [0.25, 0.3) is 0 Å². The molecule has 0 fully saturated rings. The Labute approximate surface area is 96.7 Å². The summed E-state index contributed by atoms with van der Waals surface area (Å²) in [4.78, 5) is 3.78. The lowest BCUT2D eigenvalue weighted by atomic mass is 10.1. The maximum Gasteiger partial charge on any atom is 0.365 e. The van der Waals surface area contributed by atoms with Gasteiger partial charge in [0, 0.05) is 12.2 Å². The number of nitrogens with zero attached hydrogens (tertiary/aromatic N) is 5. The summed E-state index contributed by atoms with van der Waals surface area (Å²) in [7, 11) is 0. The molecule has 0 amide bonds. The van der Waals surface area contributed by atoms with Gasteiger partial charge in [0.1, 0.15) is 0 Å². The lowest BCUT2D eigenvalue weighted by molar-refractivity contribution is -0.0707. The molecule has 0 unspecified atom stereocenters. The van der Waals surface area contributed by atoms with Crippen LogP contribution in [0.5, 0.6) is 0 Å². The van der Waals surface area contributed by atoms with Crippen LogP contribution in [-0.4, -0.2) is 28.1 Å². The monoisotopic (exact) mass is 234 g/mol. The Morgan fingerprint density at radius 2 is 1.71 bits per heavy atom. The quantitative estimate of drug-likeness (QED) is 0.0785. The minimum absolute atomic E-state index is 0.110. The minimum Gasteiger partial charge on any atom is -0.369 e. The third-order valence-corrected chi connectivity index (χ3v) is 1.53. The van der Waals surface area contributed by atoms with Gasteiger partial charge in [-0.1, -0.05) is 0 Å². The molecule has 17 heavy (non-hydrogen) atoms. The first-order chi connectivity index (χ1) is 8.11. The number of hydrazone groups is 1. The molecule has 0 aliphatic heterocycles. The van der Waals surface area contributed by atoms with Crippen molar-refractivity contribution in [3.8, 4) is 0 Å². The number of hydrogen-bond acceptors (Lipinski definition) is 4. The Balaban J connectivity index is 2.82. The van der Waals surface area contributed by atoms with Crippen LogP contribution in [0.1, 0.15) is 0 Å². The van der Waals surface area contributed by atoms with Gasteiger partial charge in [-0.15, -0.1) is 15.3 Å². The predicted octanol–water partition coefficient (Wildman–Crippen LogP) is -1.97. The fraction of sp³-hybridized carbons (Fsp3) is 0. The standard InChI is InChI=1S/C8H11N9/c9-7(10)16-14-5-1-3-6(4-2-5)15-17-8(11)13-12/h1-4H,(H7,9,10,11,12,13,14,15,16,17)/p+1. The van der Waals surface area contributed by atoms with E-state index in [-0.39, 0.29) is 11.9 Å². The van der Waals surface area contributed by atoms with Crippen LogP contribution in [-0.2, 0) is 0 Å². The Hall–Kier alpha value is -2.93. The second-order valence-corrected chi connectivity index (χ2v) is 2.83. The summed E-state index contributed by atoms with van der Waals surface area (Å²) in [5.41, 5.74) is 16.6. The molecule has 0 heterocycles. The van der Waals surface area contributed by atoms with E-state index in [1.807, 2.05) is 0 Å². The zero-order chi connectivity index (χ0) is 12.7. The molecule has 1 aliphatic rings. The van der Waals surface area contributed by atoms with Crippen molar-refractivity contribution in [3.63, 3.8) is 0 Å². The van der Waals surface area contributed by atoms with Crippen LogP contribution in [0.15, 0.2) is 44.7 Å². The van der Waals surface area contributed by atoms with Crippen molar-refractivity contribution in [2.24, 2.45) is 43.5 Å². The molecule has 0 radical (unpaired) electrons. The summed E-state index contributed by atoms with van der Waals surface area (Å²) >= 11 is 0. The molecule has 88 valence electrons. The largest absolute Gasteiger partial charge is 0.369 e. The number of hydrogen-bond donors (Lipinski definition) is 4. The van der Waals surface area contributed by atoms with Gasteiger partial charge in [-0.2, -0.15) is 0 Å². The first kappa shape index (κ1) is 12.1. The topological polar surface area (TPSA) is 168 Å². The summed E-state index contributed by atoms with van der Waals surface area (Å²) < 4.78 is 0. The average Bonchev–Trinajstić information content (AvgIpc) is 2.34. The summed E-state index contributed by atoms with van der Waals surface area (Å²) in [6, 6.07) is 0. The van der Waals surface area contributed by atoms with Crippen molar-refractivity contribution in [1.29, 1.82) is 0 Å². The fourth-order valence-electron chi connectivity index (χ4n) is 0.836. The van der Waals surface area contributed by atoms with Gasteiger partial charge in [0.2, 0.25) is 5.96 Å². The molecule has 0 spiro atoms. The number of allylic oxidation sites excluding steroid dienone is 4. The van der Waals surface area contributed by atoms with Crippen molar-refractivity contribution in [3.05, 3.63) is 24.3 Å². The van der Waals surface area contributed by atoms with Gasteiger partial charge < -0.3 is 23.0 Å². The fourth-order valence-corrected chi connectivity index (χ4v) is 0.836. The van der Waals surface area contributed by atoms with Gasteiger partial charge in [0.15, 0.2) is 5.11 Å². The van der Waals surface area contributed by atoms with Crippen molar-refractivity contribution in [1.82, 2.24) is 0 Å². The second-order valence-electron chi connectivity index (χ2n) is 2.83. The van der Waals surface area contributed by atoms with Crippen LogP contribution in [0.4, 0.5) is 0 Å². The van der Waals surface area contributed by atoms with Crippen LogP contribution >= 0.6 is 0 Å². The average molecular weight is 234 g/mol. The molecular weight excluding hydrogens is 222 g/mol. The third kappa shape index (κ3) is 4.40. The van der Waals surface area contributed by atoms with E-state index in [0.29, 0.717) is 11.4 Å². The summed E-state index contributed by atoms with van der Waals surface area (Å²) in [5, 5.41) is 13.9. The summed E-state index contributed by atoms with van der Waals surface area (Å²) in [6.07, 6.45) is 6.65. The van der Waals surface area contributed by atoms with Gasteiger partial charge in [-0.3, -0.25) is 0 Å². The maximum absolute atomic E-state index is 5.23. The van der Waals surface area contributed by atoms with Crippen molar-refractivity contribution in [2.75, 3.05) is 0 Å². The highest BCUT2D eigenvalue weighted by atomic mass is 15.3. The first-order valence-electron chi connectivity index (χ1n) is 4.46. The Morgan fingerprint density at radius 3 is 2.24 bits per heavy atom. The van der Waals surface area contributed by atoms with Crippen LogP contribution < -0.4 is 23.0 Å². The zero-order valence-corrected chi connectivity index (χ0v) is 8.85. The Kier molecular flexibility index (Phi) is 4.16. The highest BCUT2D eigenvalue weighted by Crippen LogP contribution is 1.95. The SMILES string of the molecule is N/N=C(/N)N=[N+]=C1C=CC(=NN=C(N)N)C=C1. The van der Waals surface area contributed by atoms with Crippen molar-refractivity contribution in [2.45, 2.75) is 0 Å². The molecule has 1 aliphatic carbocycles. The van der Waals surface area contributed by atoms with Gasteiger partial charge in [-0.25, -0.2) is 0 Å². The normalized spacial score (nSPS) is 14.2. The number of nitrogens with two attached hydrogens (primary N) is 4. The molecular formula is C8H12N9+. The van der Waals surface area contributed by atoms with Crippen LogP contribution in [0.2, 0.25) is 0 Å². The first-order valence-corrected chi connectivity index (χ1v) is 4.46. The van der Waals surface area contributed by atoms with Crippen LogP contribution in [0, 0.1) is 0 Å². The van der Waals surface area contributed by atoms with E-state index >= 15 is 0 Å². The van der Waals surface area contributed by atoms with E-state index < -0.39 is 0 Å². The smallest absolute Gasteiger partial charge is 0.365 e. The van der Waals surface area contributed by atoms with Crippen molar-refractivity contribution >= 4 is 23.3 Å². The lowest BCUT2D eigenvalue weighted by Gasteiger charge is -1.92. The third-order valence-electron chi connectivity index (χ3n) is 1.53. The van der Waals surface area contributed by atoms with E-state index in [9.17, 15) is 0 Å². The Bertz CT molecular complexity index is 477. The molecule has 1 rings (SSSR count). The number of guanidine groups is 2. The Morgan fingerprint density at radius 1 is 1.06 bits per heavy atom. The van der Waals surface area contributed by atoms with E-state index in [2.05, 4.69) is 25.2 Å². The van der Waals surface area contributed by atoms with E-state index in [4.69, 9.17) is 23.0 Å². The van der Waals surface area contributed by atoms with Gasteiger partial charge >= 0.3 is 11.7 Å². The predicted molar refractivity (Wildman–Crippen MR) is 65.0 cm³/mol. The van der Waals surface area contributed by atoms with E-state index in [1.165, 1.54) is 0 Å². The number of rotatable bonds is 1. The van der Waals surface area contributed by atoms with E-state index in [0.717, 1.165) is 0 Å². The van der Waals surface area contributed by atoms with Gasteiger partial charge in [0.05, 0.1) is 10.5 Å². The van der Waals surface area contributed by atoms with Crippen molar-refractivity contribution < 1.29 is 4.79 Å². The van der Waals surface area contributed by atoms with E-state index in [1.54, 1.807) is 24.3 Å². The molecule has 0 atom stereocenters. The van der Waals surface area contributed by atoms with Crippen LogP contribution in [0.3, 0.4) is 0 Å². The molecule has 0 aromatic heterocycles. The molecule has 0 bridgehead atoms. The second kappa shape index (κ2) is 5.83. The molecule has 9 nitrogen and oxygen atoms in total. The summed E-state index contributed by atoms with van der Waals surface area (Å²) in [6.45, 7) is 0. The molecule has 0 aromatic rings.